The van der Waals surface area contributed by atoms with E-state index in [2.05, 4.69) is 24.0 Å². The summed E-state index contributed by atoms with van der Waals surface area (Å²) in [5, 5.41) is 0. The fraction of sp³-hybridized carbons (Fsp3) is 0.632. The molecule has 5 heteroatoms. The average molecular weight is 333 g/mol. The second kappa shape index (κ2) is 7.43. The van der Waals surface area contributed by atoms with Gasteiger partial charge < -0.3 is 19.3 Å². The zero-order chi connectivity index (χ0) is 17.1. The Hall–Kier alpha value is -1.75. The molecule has 0 bridgehead atoms. The van der Waals surface area contributed by atoms with Gasteiger partial charge in [-0.3, -0.25) is 4.79 Å². The number of hydrogen-bond acceptors (Lipinski definition) is 3. The smallest absolute Gasteiger partial charge is 0.280 e. The molecular formula is C19H29N2O3+. The molecule has 24 heavy (non-hydrogen) atoms. The molecule has 1 amide bonds. The van der Waals surface area contributed by atoms with Gasteiger partial charge in [-0.25, -0.2) is 0 Å². The molecular weight excluding hydrogens is 304 g/mol. The van der Waals surface area contributed by atoms with Crippen LogP contribution < -0.4 is 14.4 Å². The van der Waals surface area contributed by atoms with E-state index in [4.69, 9.17) is 9.47 Å². The van der Waals surface area contributed by atoms with Gasteiger partial charge in [0.1, 0.15) is 6.54 Å². The van der Waals surface area contributed by atoms with E-state index in [1.165, 1.54) is 22.4 Å². The van der Waals surface area contributed by atoms with Crippen molar-refractivity contribution >= 4 is 5.91 Å². The van der Waals surface area contributed by atoms with Crippen LogP contribution >= 0.6 is 0 Å². The number of ether oxygens (including phenoxy) is 2. The molecule has 1 fully saturated rings. The van der Waals surface area contributed by atoms with Gasteiger partial charge >= 0.3 is 0 Å². The number of piperidine rings is 1. The number of carbonyl (C=O) groups is 1. The predicted octanol–water partition coefficient (Wildman–Crippen LogP) is 1.05. The topological polar surface area (TPSA) is 43.2 Å². The number of nitrogens with zero attached hydrogens (tertiary/aromatic N) is 1. The number of hydrogen-bond donors (Lipinski definition) is 1. The van der Waals surface area contributed by atoms with Crippen molar-refractivity contribution in [1.29, 1.82) is 0 Å². The van der Waals surface area contributed by atoms with Gasteiger partial charge in [-0.2, -0.15) is 0 Å². The van der Waals surface area contributed by atoms with Crippen molar-refractivity contribution in [1.82, 2.24) is 4.90 Å². The lowest BCUT2D eigenvalue weighted by molar-refractivity contribution is -0.930. The average Bonchev–Trinajstić information content (AvgIpc) is 2.65. The van der Waals surface area contributed by atoms with Crippen LogP contribution in [0, 0.1) is 0 Å². The van der Waals surface area contributed by atoms with Crippen molar-refractivity contribution in [3.8, 4) is 11.5 Å². The van der Waals surface area contributed by atoms with Crippen LogP contribution in [0.3, 0.4) is 0 Å². The molecule has 3 rings (SSSR count). The number of carbonyl (C=O) groups excluding carboxylic acids is 1. The molecule has 0 radical (unpaired) electrons. The van der Waals surface area contributed by atoms with E-state index < -0.39 is 0 Å². The largest absolute Gasteiger partial charge is 0.493 e. The van der Waals surface area contributed by atoms with Crippen LogP contribution in [0.5, 0.6) is 11.5 Å². The summed E-state index contributed by atoms with van der Waals surface area (Å²) >= 11 is 0. The first-order valence-electron chi connectivity index (χ1n) is 9.01. The summed E-state index contributed by atoms with van der Waals surface area (Å²) in [6.07, 6.45) is 4.52. The summed E-state index contributed by atoms with van der Waals surface area (Å²) in [6, 6.07) is 4.18. The molecule has 1 N–H and O–H groups in total. The summed E-state index contributed by atoms with van der Waals surface area (Å²) in [6.45, 7) is 5.80. The first kappa shape index (κ1) is 17.1. The van der Waals surface area contributed by atoms with Crippen molar-refractivity contribution < 1.29 is 19.2 Å². The molecule has 0 aliphatic carbocycles. The summed E-state index contributed by atoms with van der Waals surface area (Å²) in [5.41, 5.74) is 2.58. The third-order valence-electron chi connectivity index (χ3n) is 5.49. The van der Waals surface area contributed by atoms with E-state index in [-0.39, 0.29) is 6.04 Å². The Balaban J connectivity index is 1.72. The molecule has 132 valence electrons. The lowest BCUT2D eigenvalue weighted by Crippen LogP contribution is -3.16. The number of methoxy groups -OCH3 is 2. The summed E-state index contributed by atoms with van der Waals surface area (Å²) < 4.78 is 10.8. The van der Waals surface area contributed by atoms with Crippen molar-refractivity contribution in [3.63, 3.8) is 0 Å². The Morgan fingerprint density at radius 3 is 2.33 bits per heavy atom. The zero-order valence-corrected chi connectivity index (χ0v) is 15.1. The third kappa shape index (κ3) is 3.36. The number of likely N-dealkylation sites (tertiary alicyclic amines) is 1. The lowest BCUT2D eigenvalue weighted by atomic mass is 9.97. The number of benzene rings is 1. The van der Waals surface area contributed by atoms with Crippen molar-refractivity contribution in [2.24, 2.45) is 0 Å². The molecule has 0 spiro atoms. The number of fused-ring (bicyclic) bond motifs is 1. The highest BCUT2D eigenvalue weighted by atomic mass is 16.5. The highest BCUT2D eigenvalue weighted by molar-refractivity contribution is 5.80. The third-order valence-corrected chi connectivity index (χ3v) is 5.49. The molecule has 2 aliphatic heterocycles. The molecule has 5 nitrogen and oxygen atoms in total. The van der Waals surface area contributed by atoms with Crippen molar-refractivity contribution in [2.45, 2.75) is 45.2 Å². The van der Waals surface area contributed by atoms with Gasteiger partial charge in [0.25, 0.3) is 5.91 Å². The highest BCUT2D eigenvalue weighted by Crippen LogP contribution is 2.31. The Morgan fingerprint density at radius 2 is 1.71 bits per heavy atom. The quantitative estimate of drug-likeness (QED) is 0.896. The van der Waals surface area contributed by atoms with Crippen LogP contribution in [0.15, 0.2) is 12.1 Å². The molecule has 2 atom stereocenters. The number of rotatable bonds is 4. The second-order valence-electron chi connectivity index (χ2n) is 6.92. The van der Waals surface area contributed by atoms with E-state index in [1.807, 2.05) is 0 Å². The molecule has 1 unspecified atom stereocenters. The first-order valence-corrected chi connectivity index (χ1v) is 9.01. The maximum absolute atomic E-state index is 12.8. The van der Waals surface area contributed by atoms with E-state index in [0.717, 1.165) is 56.9 Å². The van der Waals surface area contributed by atoms with Gasteiger partial charge in [0.05, 0.1) is 20.8 Å². The standard InChI is InChI=1S/C19H28N2O3/c1-14(19(22)20-8-5-4-6-9-20)21-10-7-15-11-17(23-2)18(24-3)12-16(15)13-21/h11-12,14H,4-10,13H2,1-3H3/p+1/t14-/m0/s1. The summed E-state index contributed by atoms with van der Waals surface area (Å²) in [5.74, 6) is 1.87. The molecule has 1 saturated heterocycles. The maximum Gasteiger partial charge on any atom is 0.280 e. The zero-order valence-electron chi connectivity index (χ0n) is 15.1. The normalized spacial score (nSPS) is 21.8. The van der Waals surface area contributed by atoms with Crippen LogP contribution in [0.2, 0.25) is 0 Å². The highest BCUT2D eigenvalue weighted by Gasteiger charge is 2.33. The summed E-state index contributed by atoms with van der Waals surface area (Å²) in [7, 11) is 3.34. The SMILES string of the molecule is COc1cc2c(cc1OC)C[NH+]([C@@H](C)C(=O)N1CCCCC1)CC2. The molecule has 1 aromatic rings. The molecule has 0 saturated carbocycles. The lowest BCUT2D eigenvalue weighted by Gasteiger charge is -2.34. The van der Waals surface area contributed by atoms with Gasteiger partial charge in [-0.05, 0) is 43.9 Å². The first-order chi connectivity index (χ1) is 11.6. The minimum Gasteiger partial charge on any atom is -0.493 e. The predicted molar refractivity (Wildman–Crippen MR) is 92.7 cm³/mol. The molecule has 2 heterocycles. The van der Waals surface area contributed by atoms with E-state index in [0.29, 0.717) is 5.91 Å². The Labute approximate surface area is 144 Å². The number of nitrogens with one attached hydrogen (secondary N) is 1. The van der Waals surface area contributed by atoms with Gasteiger partial charge in [0.15, 0.2) is 17.5 Å². The van der Waals surface area contributed by atoms with Crippen molar-refractivity contribution in [3.05, 3.63) is 23.3 Å². The van der Waals surface area contributed by atoms with Crippen molar-refractivity contribution in [2.75, 3.05) is 33.9 Å². The van der Waals surface area contributed by atoms with Crippen LogP contribution in [0.1, 0.15) is 37.3 Å². The van der Waals surface area contributed by atoms with E-state index >= 15 is 0 Å². The maximum atomic E-state index is 12.8. The Kier molecular flexibility index (Phi) is 5.29. The fourth-order valence-electron chi connectivity index (χ4n) is 3.92. The van der Waals surface area contributed by atoms with Crippen LogP contribution in [0.25, 0.3) is 0 Å². The van der Waals surface area contributed by atoms with Crippen LogP contribution in [-0.4, -0.2) is 50.7 Å². The molecule has 0 aromatic heterocycles. The van der Waals surface area contributed by atoms with Crippen LogP contribution in [-0.2, 0) is 17.8 Å². The van der Waals surface area contributed by atoms with E-state index in [1.54, 1.807) is 14.2 Å². The van der Waals surface area contributed by atoms with Gasteiger partial charge in [0, 0.05) is 25.1 Å². The molecule has 2 aliphatic rings. The number of quaternary nitrogens is 1. The minimum absolute atomic E-state index is 0.0179. The monoisotopic (exact) mass is 333 g/mol. The molecule has 1 aromatic carbocycles. The minimum atomic E-state index is 0.0179. The van der Waals surface area contributed by atoms with Gasteiger partial charge in [-0.15, -0.1) is 0 Å². The Bertz CT molecular complexity index is 597. The summed E-state index contributed by atoms with van der Waals surface area (Å²) in [4.78, 5) is 16.2. The fourth-order valence-corrected chi connectivity index (χ4v) is 3.92. The van der Waals surface area contributed by atoms with Crippen LogP contribution in [0.4, 0.5) is 0 Å². The van der Waals surface area contributed by atoms with E-state index in [9.17, 15) is 4.79 Å². The Morgan fingerprint density at radius 1 is 1.08 bits per heavy atom. The van der Waals surface area contributed by atoms with Gasteiger partial charge in [-0.1, -0.05) is 0 Å². The number of amides is 1. The van der Waals surface area contributed by atoms with Gasteiger partial charge in [0.2, 0.25) is 0 Å². The second-order valence-corrected chi connectivity index (χ2v) is 6.92.